The molecule has 9 nitrogen and oxygen atoms in total. The van der Waals surface area contributed by atoms with E-state index in [-0.39, 0.29) is 16.7 Å². The number of hydrogen-bond acceptors (Lipinski definition) is 6. The minimum atomic E-state index is 0.170. The summed E-state index contributed by atoms with van der Waals surface area (Å²) in [6.07, 6.45) is 5.21. The molecule has 51 heavy (non-hydrogen) atoms. The second-order valence-electron chi connectivity index (χ2n) is 12.2. The summed E-state index contributed by atoms with van der Waals surface area (Å²) < 4.78 is 5.84. The van der Waals surface area contributed by atoms with E-state index in [4.69, 9.17) is 15.0 Å². The smallest absolute Gasteiger partial charge is 0.104 e. The molecule has 0 saturated carbocycles. The summed E-state index contributed by atoms with van der Waals surface area (Å²) in [5, 5.41) is 36.7. The second kappa shape index (κ2) is 10.6. The van der Waals surface area contributed by atoms with Crippen molar-refractivity contribution in [3.63, 3.8) is 0 Å². The van der Waals surface area contributed by atoms with Gasteiger partial charge in [0.05, 0.1) is 66.7 Å². The second-order valence-corrected chi connectivity index (χ2v) is 12.2. The molecule has 0 atom stereocenters. The summed E-state index contributed by atoms with van der Waals surface area (Å²) >= 11 is 0. The SMILES string of the molecule is N#Cc1c(-n2c3ccccc3c3ncccc32)c(C#N)c(-n2c3ccccc3c3ncccc32)c(C#N)c1-n1c2ccccc2c2ncccc21. The van der Waals surface area contributed by atoms with Crippen LogP contribution < -0.4 is 0 Å². The van der Waals surface area contributed by atoms with Crippen LogP contribution in [-0.4, -0.2) is 28.7 Å². The fourth-order valence-corrected chi connectivity index (χ4v) is 7.77. The largest absolute Gasteiger partial charge is 0.305 e. The van der Waals surface area contributed by atoms with Crippen molar-refractivity contribution >= 4 is 65.8 Å². The Morgan fingerprint density at radius 2 is 0.627 bits per heavy atom. The van der Waals surface area contributed by atoms with Crippen molar-refractivity contribution < 1.29 is 0 Å². The Morgan fingerprint density at radius 1 is 0.353 bits per heavy atom. The number of hydrogen-bond donors (Lipinski definition) is 0. The maximum atomic E-state index is 11.3. The Morgan fingerprint density at radius 3 is 0.922 bits per heavy atom. The van der Waals surface area contributed by atoms with E-state index in [9.17, 15) is 15.8 Å². The first-order valence-electron chi connectivity index (χ1n) is 16.2. The summed E-state index contributed by atoms with van der Waals surface area (Å²) in [4.78, 5) is 14.2. The van der Waals surface area contributed by atoms with Crippen LogP contribution in [0.2, 0.25) is 0 Å². The maximum Gasteiger partial charge on any atom is 0.104 e. The van der Waals surface area contributed by atoms with E-state index in [1.807, 2.05) is 123 Å². The molecule has 0 unspecified atom stereocenters. The average Bonchev–Trinajstić information content (AvgIpc) is 3.82. The summed E-state index contributed by atoms with van der Waals surface area (Å²) in [5.74, 6) is 0. The van der Waals surface area contributed by atoms with Crippen LogP contribution in [-0.2, 0) is 0 Å². The lowest BCUT2D eigenvalue weighted by molar-refractivity contribution is 1.06. The molecule has 4 aromatic carbocycles. The molecule has 10 rings (SSSR count). The molecule has 10 aromatic rings. The minimum absolute atomic E-state index is 0.170. The Labute approximate surface area is 289 Å². The number of pyridine rings is 3. The number of fused-ring (bicyclic) bond motifs is 9. The highest BCUT2D eigenvalue weighted by Gasteiger charge is 2.32. The first kappa shape index (κ1) is 28.2. The Hall–Kier alpha value is -7.80. The molecule has 0 saturated heterocycles. The van der Waals surface area contributed by atoms with Gasteiger partial charge in [0.15, 0.2) is 0 Å². The van der Waals surface area contributed by atoms with Crippen molar-refractivity contribution in [1.82, 2.24) is 28.7 Å². The summed E-state index contributed by atoms with van der Waals surface area (Å²) in [6.45, 7) is 0. The van der Waals surface area contributed by atoms with Gasteiger partial charge in [-0.15, -0.1) is 0 Å². The number of nitriles is 3. The van der Waals surface area contributed by atoms with E-state index in [0.29, 0.717) is 17.1 Å². The fraction of sp³-hybridized carbons (Fsp3) is 0. The number of para-hydroxylation sites is 3. The van der Waals surface area contributed by atoms with E-state index in [0.717, 1.165) is 65.8 Å². The number of benzene rings is 4. The molecule has 0 fully saturated rings. The lowest BCUT2D eigenvalue weighted by atomic mass is 9.96. The van der Waals surface area contributed by atoms with Crippen LogP contribution in [0.4, 0.5) is 0 Å². The highest BCUT2D eigenvalue weighted by Crippen LogP contribution is 2.44. The standard InChI is InChI=1S/C42H21N9/c43-22-28-40(49-31-13-4-1-10-25(31)37-34(49)16-7-19-46-37)29(23-44)42(51-33-15-6-3-12-27(33)39-36(51)18-9-21-48-39)30(24-45)41(28)50-32-14-5-2-11-26(32)38-35(50)17-8-20-47-38/h1-21H. The third kappa shape index (κ3) is 3.68. The van der Waals surface area contributed by atoms with Crippen LogP contribution in [0, 0.1) is 34.0 Å². The van der Waals surface area contributed by atoms with Crippen LogP contribution in [0.15, 0.2) is 128 Å². The van der Waals surface area contributed by atoms with Gasteiger partial charge in [-0.2, -0.15) is 15.8 Å². The topological polar surface area (TPSA) is 125 Å². The highest BCUT2D eigenvalue weighted by molar-refractivity contribution is 6.11. The van der Waals surface area contributed by atoms with Gasteiger partial charge in [0.25, 0.3) is 0 Å². The van der Waals surface area contributed by atoms with Crippen LogP contribution in [0.1, 0.15) is 16.7 Å². The molecule has 0 N–H and O–H groups in total. The van der Waals surface area contributed by atoms with E-state index < -0.39 is 0 Å². The Bertz CT molecular complexity index is 2720. The van der Waals surface area contributed by atoms with Gasteiger partial charge in [-0.1, -0.05) is 54.6 Å². The summed E-state index contributed by atoms with van der Waals surface area (Å²) in [6, 6.07) is 42.3. The van der Waals surface area contributed by atoms with E-state index >= 15 is 0 Å². The van der Waals surface area contributed by atoms with Crippen LogP contribution in [0.3, 0.4) is 0 Å². The predicted molar refractivity (Wildman–Crippen MR) is 197 cm³/mol. The van der Waals surface area contributed by atoms with Crippen molar-refractivity contribution in [2.75, 3.05) is 0 Å². The van der Waals surface area contributed by atoms with Gasteiger partial charge in [0.1, 0.15) is 34.9 Å². The molecule has 0 aliphatic heterocycles. The lowest BCUT2D eigenvalue weighted by Gasteiger charge is -2.23. The quantitative estimate of drug-likeness (QED) is 0.188. The van der Waals surface area contributed by atoms with Gasteiger partial charge in [-0.05, 0) is 54.6 Å². The minimum Gasteiger partial charge on any atom is -0.305 e. The van der Waals surface area contributed by atoms with Crippen molar-refractivity contribution in [2.45, 2.75) is 0 Å². The molecular formula is C42H21N9. The number of nitrogens with zero attached hydrogens (tertiary/aromatic N) is 9. The van der Waals surface area contributed by atoms with Gasteiger partial charge >= 0.3 is 0 Å². The average molecular weight is 652 g/mol. The van der Waals surface area contributed by atoms with Gasteiger partial charge in [0, 0.05) is 34.7 Å². The van der Waals surface area contributed by atoms with Gasteiger partial charge in [-0.3, -0.25) is 15.0 Å². The van der Waals surface area contributed by atoms with Crippen molar-refractivity contribution in [3.05, 3.63) is 144 Å². The Kier molecular flexibility index (Phi) is 5.87. The molecule has 6 aromatic heterocycles. The van der Waals surface area contributed by atoms with Gasteiger partial charge < -0.3 is 13.7 Å². The monoisotopic (exact) mass is 651 g/mol. The summed E-state index contributed by atoms with van der Waals surface area (Å²) in [5.41, 5.74) is 8.25. The fourth-order valence-electron chi connectivity index (χ4n) is 7.77. The van der Waals surface area contributed by atoms with Crippen molar-refractivity contribution in [1.29, 1.82) is 15.8 Å². The van der Waals surface area contributed by atoms with Crippen molar-refractivity contribution in [3.8, 4) is 35.3 Å². The zero-order chi connectivity index (χ0) is 34.2. The van der Waals surface area contributed by atoms with E-state index in [1.54, 1.807) is 18.6 Å². The molecule has 9 heteroatoms. The lowest BCUT2D eigenvalue weighted by Crippen LogP contribution is -2.14. The predicted octanol–water partition coefficient (Wildman–Crippen LogP) is 8.78. The molecular weight excluding hydrogens is 631 g/mol. The molecule has 0 amide bonds. The molecule has 0 aliphatic rings. The maximum absolute atomic E-state index is 11.3. The van der Waals surface area contributed by atoms with Crippen LogP contribution in [0.25, 0.3) is 82.9 Å². The first-order chi connectivity index (χ1) is 25.2. The van der Waals surface area contributed by atoms with Crippen molar-refractivity contribution in [2.24, 2.45) is 0 Å². The summed E-state index contributed by atoms with van der Waals surface area (Å²) in [7, 11) is 0. The first-order valence-corrected chi connectivity index (χ1v) is 16.2. The number of rotatable bonds is 3. The number of aromatic nitrogens is 6. The van der Waals surface area contributed by atoms with Gasteiger partial charge in [-0.25, -0.2) is 0 Å². The normalized spacial score (nSPS) is 11.5. The molecule has 0 aliphatic carbocycles. The van der Waals surface area contributed by atoms with Gasteiger partial charge in [0.2, 0.25) is 0 Å². The highest BCUT2D eigenvalue weighted by atomic mass is 15.1. The molecule has 234 valence electrons. The van der Waals surface area contributed by atoms with Crippen LogP contribution in [0.5, 0.6) is 0 Å². The molecule has 6 heterocycles. The zero-order valence-electron chi connectivity index (χ0n) is 26.6. The molecule has 0 radical (unpaired) electrons. The van der Waals surface area contributed by atoms with Crippen LogP contribution >= 0.6 is 0 Å². The third-order valence-electron chi connectivity index (χ3n) is 9.71. The zero-order valence-corrected chi connectivity index (χ0v) is 26.6. The Balaban J connectivity index is 1.53. The molecule has 0 bridgehead atoms. The van der Waals surface area contributed by atoms with E-state index in [1.165, 1.54) is 0 Å². The van der Waals surface area contributed by atoms with E-state index in [2.05, 4.69) is 18.2 Å². The third-order valence-corrected chi connectivity index (χ3v) is 9.71. The molecule has 0 spiro atoms.